The zero-order valence-electron chi connectivity index (χ0n) is 18.4. The normalized spacial score (nSPS) is 15.8. The second-order valence-electron chi connectivity index (χ2n) is 7.99. The number of amides is 1. The third kappa shape index (κ3) is 5.31. The summed E-state index contributed by atoms with van der Waals surface area (Å²) in [6.45, 7) is 5.95. The van der Waals surface area contributed by atoms with Crippen LogP contribution in [0.25, 0.3) is 0 Å². The van der Waals surface area contributed by atoms with E-state index in [1.54, 1.807) is 42.1 Å². The molecule has 0 bridgehead atoms. The van der Waals surface area contributed by atoms with Crippen molar-refractivity contribution in [1.82, 2.24) is 10.2 Å². The quantitative estimate of drug-likeness (QED) is 0.380. The van der Waals surface area contributed by atoms with Gasteiger partial charge in [-0.05, 0) is 42.7 Å². The molecule has 1 aliphatic rings. The largest absolute Gasteiger partial charge is 0.476 e. The van der Waals surface area contributed by atoms with E-state index in [4.69, 9.17) is 4.74 Å². The van der Waals surface area contributed by atoms with Crippen LogP contribution in [-0.2, 0) is 14.8 Å². The number of nitrogens with zero attached hydrogens (tertiary/aromatic N) is 3. The lowest BCUT2D eigenvalue weighted by atomic mass is 10.1. The number of hydrogen-bond donors (Lipinski definition) is 1. The lowest BCUT2D eigenvalue weighted by Crippen LogP contribution is -2.48. The van der Waals surface area contributed by atoms with Crippen LogP contribution >= 0.6 is 23.1 Å². The van der Waals surface area contributed by atoms with Gasteiger partial charge in [-0.15, -0.1) is 10.2 Å². The summed E-state index contributed by atoms with van der Waals surface area (Å²) in [6.07, 6.45) is -1.05. The van der Waals surface area contributed by atoms with Crippen LogP contribution in [0.15, 0.2) is 57.8 Å². The van der Waals surface area contributed by atoms with Gasteiger partial charge in [-0.2, -0.15) is 0 Å². The monoisotopic (exact) mass is 504 g/mol. The fourth-order valence-electron chi connectivity index (χ4n) is 3.19. The second-order valence-corrected chi connectivity index (χ2v) is 12.1. The number of carbonyl (C=O) groups is 1. The fourth-order valence-corrected chi connectivity index (χ4v) is 6.42. The van der Waals surface area contributed by atoms with Crippen molar-refractivity contribution in [3.05, 3.63) is 54.1 Å². The predicted molar refractivity (Wildman–Crippen MR) is 131 cm³/mol. The van der Waals surface area contributed by atoms with Gasteiger partial charge in [-0.25, -0.2) is 8.42 Å². The molecular formula is C22H24N4O4S3. The van der Waals surface area contributed by atoms with Gasteiger partial charge in [0.1, 0.15) is 5.75 Å². The van der Waals surface area contributed by atoms with Gasteiger partial charge >= 0.3 is 0 Å². The summed E-state index contributed by atoms with van der Waals surface area (Å²) < 4.78 is 34.7. The van der Waals surface area contributed by atoms with E-state index >= 15 is 0 Å². The summed E-state index contributed by atoms with van der Waals surface area (Å²) in [5, 5.41) is 11.2. The molecule has 1 aliphatic heterocycles. The summed E-state index contributed by atoms with van der Waals surface area (Å²) in [4.78, 5) is 13.2. The van der Waals surface area contributed by atoms with Crippen LogP contribution in [0.2, 0.25) is 0 Å². The maximum absolute atomic E-state index is 13.4. The number of carbonyl (C=O) groups excluding carboxylic acids is 1. The van der Waals surface area contributed by atoms with E-state index < -0.39 is 22.0 Å². The van der Waals surface area contributed by atoms with Crippen molar-refractivity contribution in [2.24, 2.45) is 5.92 Å². The zero-order chi connectivity index (χ0) is 23.6. The molecule has 0 unspecified atom stereocenters. The lowest BCUT2D eigenvalue weighted by molar-refractivity contribution is -0.122. The van der Waals surface area contributed by atoms with Crippen molar-refractivity contribution in [3.63, 3.8) is 0 Å². The van der Waals surface area contributed by atoms with Crippen LogP contribution in [-0.4, -0.2) is 42.9 Å². The van der Waals surface area contributed by atoms with Gasteiger partial charge in [-0.3, -0.25) is 14.4 Å². The van der Waals surface area contributed by atoms with Gasteiger partial charge in [-0.1, -0.05) is 61.2 Å². The highest BCUT2D eigenvalue weighted by atomic mass is 32.2. The second kappa shape index (κ2) is 9.70. The molecule has 2 heterocycles. The summed E-state index contributed by atoms with van der Waals surface area (Å²) in [7, 11) is -3.89. The van der Waals surface area contributed by atoms with Crippen molar-refractivity contribution in [2.75, 3.05) is 21.9 Å². The summed E-state index contributed by atoms with van der Waals surface area (Å²) in [6, 6.07) is 13.4. The van der Waals surface area contributed by atoms with Gasteiger partial charge in [0, 0.05) is 5.75 Å². The van der Waals surface area contributed by atoms with Crippen molar-refractivity contribution >= 4 is 49.8 Å². The summed E-state index contributed by atoms with van der Waals surface area (Å²) in [5.41, 5.74) is 1.29. The minimum atomic E-state index is -3.89. The first-order valence-electron chi connectivity index (χ1n) is 10.4. The number of aryl methyl sites for hydroxylation is 1. The summed E-state index contributed by atoms with van der Waals surface area (Å²) in [5.74, 6) is 1.27. The Morgan fingerprint density at radius 2 is 2.00 bits per heavy atom. The van der Waals surface area contributed by atoms with Gasteiger partial charge in [0.25, 0.3) is 15.9 Å². The predicted octanol–water partition coefficient (Wildman–Crippen LogP) is 4.19. The first-order chi connectivity index (χ1) is 15.7. The van der Waals surface area contributed by atoms with E-state index in [0.717, 1.165) is 15.7 Å². The van der Waals surface area contributed by atoms with E-state index in [1.807, 2.05) is 13.0 Å². The third-order valence-corrected chi connectivity index (χ3v) is 8.98. The van der Waals surface area contributed by atoms with Crippen LogP contribution in [0.3, 0.4) is 0 Å². The molecule has 0 radical (unpaired) electrons. The lowest BCUT2D eigenvalue weighted by Gasteiger charge is -2.34. The number of rotatable bonds is 7. The van der Waals surface area contributed by atoms with E-state index in [0.29, 0.717) is 22.5 Å². The molecule has 0 spiro atoms. The molecule has 174 valence electrons. The average molecular weight is 505 g/mol. The van der Waals surface area contributed by atoms with Gasteiger partial charge in [0.15, 0.2) is 10.4 Å². The van der Waals surface area contributed by atoms with Crippen LogP contribution < -0.4 is 14.4 Å². The topological polar surface area (TPSA) is 101 Å². The molecule has 1 atom stereocenters. The Labute approximate surface area is 201 Å². The molecule has 33 heavy (non-hydrogen) atoms. The Kier molecular flexibility index (Phi) is 6.91. The first-order valence-corrected chi connectivity index (χ1v) is 13.6. The molecule has 2 aromatic carbocycles. The molecule has 11 heteroatoms. The van der Waals surface area contributed by atoms with Gasteiger partial charge in [0.2, 0.25) is 5.13 Å². The molecule has 1 amide bonds. The number of aromatic nitrogens is 2. The minimum absolute atomic E-state index is 0.147. The van der Waals surface area contributed by atoms with Crippen molar-refractivity contribution in [1.29, 1.82) is 0 Å². The van der Waals surface area contributed by atoms with Crippen LogP contribution in [0.1, 0.15) is 19.4 Å². The average Bonchev–Trinajstić information content (AvgIpc) is 3.24. The fraction of sp³-hybridized carbons (Fsp3) is 0.318. The maximum atomic E-state index is 13.4. The number of nitrogens with one attached hydrogen (secondary N) is 1. The van der Waals surface area contributed by atoms with E-state index in [9.17, 15) is 13.2 Å². The van der Waals surface area contributed by atoms with Crippen LogP contribution in [0.5, 0.6) is 5.75 Å². The van der Waals surface area contributed by atoms with Gasteiger partial charge in [0.05, 0.1) is 17.1 Å². The molecule has 4 rings (SSSR count). The maximum Gasteiger partial charge on any atom is 0.269 e. The van der Waals surface area contributed by atoms with Crippen LogP contribution in [0, 0.1) is 12.8 Å². The molecule has 0 aliphatic carbocycles. The molecule has 0 saturated carbocycles. The summed E-state index contributed by atoms with van der Waals surface area (Å²) >= 11 is 2.86. The van der Waals surface area contributed by atoms with E-state index in [-0.39, 0.29) is 11.4 Å². The van der Waals surface area contributed by atoms with Crippen LogP contribution in [0.4, 0.5) is 10.8 Å². The molecule has 1 N–H and O–H groups in total. The molecule has 1 aromatic heterocycles. The number of fused-ring (bicyclic) bond motifs is 1. The number of benzene rings is 2. The molecule has 0 saturated heterocycles. The Morgan fingerprint density at radius 3 is 2.73 bits per heavy atom. The smallest absolute Gasteiger partial charge is 0.269 e. The number of hydrogen-bond acceptors (Lipinski definition) is 8. The molecule has 3 aromatic rings. The molecular weight excluding hydrogens is 480 g/mol. The van der Waals surface area contributed by atoms with Crippen molar-refractivity contribution in [2.45, 2.75) is 36.1 Å². The Morgan fingerprint density at radius 1 is 1.24 bits per heavy atom. The molecule has 0 fully saturated rings. The van der Waals surface area contributed by atoms with E-state index in [2.05, 4.69) is 29.4 Å². The highest BCUT2D eigenvalue weighted by molar-refractivity contribution is 8.01. The molecule has 8 nitrogen and oxygen atoms in total. The Balaban J connectivity index is 1.58. The third-order valence-electron chi connectivity index (χ3n) is 4.79. The number of ether oxygens (including phenoxy) is 1. The zero-order valence-corrected chi connectivity index (χ0v) is 20.8. The standard InChI is InChI=1S/C22H24N4O4S3/c1-14(2)13-31-22-25-24-21(32-22)23-20(27)19-12-26(17-10-9-15(3)11-18(17)30-19)33(28,29)16-7-5-4-6-8-16/h4-11,14,19H,12-13H2,1-3H3,(H,23,24,27)/t19-/m1/s1. The highest BCUT2D eigenvalue weighted by Gasteiger charge is 2.38. The van der Waals surface area contributed by atoms with Crippen molar-refractivity contribution in [3.8, 4) is 5.75 Å². The minimum Gasteiger partial charge on any atom is -0.476 e. The number of anilines is 2. The van der Waals surface area contributed by atoms with Gasteiger partial charge < -0.3 is 4.74 Å². The first kappa shape index (κ1) is 23.5. The SMILES string of the molecule is Cc1ccc2c(c1)O[C@@H](C(=O)Nc1nnc(SCC(C)C)s1)CN2S(=O)(=O)c1ccccc1. The number of thioether (sulfide) groups is 1. The Hall–Kier alpha value is -2.63. The van der Waals surface area contributed by atoms with Crippen molar-refractivity contribution < 1.29 is 17.9 Å². The Bertz CT molecular complexity index is 1250. The van der Waals surface area contributed by atoms with E-state index in [1.165, 1.54) is 27.8 Å². The highest BCUT2D eigenvalue weighted by Crippen LogP contribution is 2.38. The number of sulfonamides is 1.